The summed E-state index contributed by atoms with van der Waals surface area (Å²) in [6.45, 7) is 2.27. The predicted molar refractivity (Wildman–Crippen MR) is 97.6 cm³/mol. The zero-order valence-corrected chi connectivity index (χ0v) is 15.7. The summed E-state index contributed by atoms with van der Waals surface area (Å²) in [5, 5.41) is 0. The van der Waals surface area contributed by atoms with Gasteiger partial charge >= 0.3 is 0 Å². The highest BCUT2D eigenvalue weighted by Gasteiger charge is 2.33. The van der Waals surface area contributed by atoms with Crippen molar-refractivity contribution in [2.75, 3.05) is 39.4 Å². The third-order valence-corrected chi connectivity index (χ3v) is 5.11. The topological polar surface area (TPSA) is 75.9 Å². The highest BCUT2D eigenvalue weighted by Crippen LogP contribution is 2.20. The Labute approximate surface area is 163 Å². The molecule has 1 atom stereocenters. The number of hydrogen-bond donors (Lipinski definition) is 1. The fraction of sp³-hybridized carbons (Fsp3) is 0.556. The van der Waals surface area contributed by atoms with Crippen LogP contribution in [0.3, 0.4) is 0 Å². The van der Waals surface area contributed by atoms with Crippen molar-refractivity contribution >= 4 is 24.2 Å². The number of benzene rings is 1. The molecular formula is C18H24ClF2N3O3. The Morgan fingerprint density at radius 1 is 1.04 bits per heavy atom. The lowest BCUT2D eigenvalue weighted by molar-refractivity contribution is -0.136. The van der Waals surface area contributed by atoms with Gasteiger partial charge in [0.05, 0.1) is 6.04 Å². The van der Waals surface area contributed by atoms with Crippen LogP contribution in [0.15, 0.2) is 18.2 Å². The molecule has 2 heterocycles. The highest BCUT2D eigenvalue weighted by atomic mass is 35.5. The minimum atomic E-state index is -0.880. The number of rotatable bonds is 3. The zero-order valence-electron chi connectivity index (χ0n) is 14.9. The van der Waals surface area contributed by atoms with Crippen LogP contribution in [0.2, 0.25) is 0 Å². The highest BCUT2D eigenvalue weighted by molar-refractivity contribution is 5.95. The number of amides is 2. The van der Waals surface area contributed by atoms with E-state index in [1.165, 1.54) is 11.0 Å². The molecule has 2 fully saturated rings. The van der Waals surface area contributed by atoms with Gasteiger partial charge in [-0.1, -0.05) is 6.07 Å². The fourth-order valence-corrected chi connectivity index (χ4v) is 3.48. The lowest BCUT2D eigenvalue weighted by Crippen LogP contribution is -2.56. The van der Waals surface area contributed by atoms with E-state index >= 15 is 0 Å². The van der Waals surface area contributed by atoms with E-state index in [2.05, 4.69) is 0 Å². The average molecular weight is 404 g/mol. The first kappa shape index (κ1) is 21.5. The Bertz CT molecular complexity index is 658. The molecule has 27 heavy (non-hydrogen) atoms. The summed E-state index contributed by atoms with van der Waals surface area (Å²) >= 11 is 0. The lowest BCUT2D eigenvalue weighted by atomic mass is 9.91. The Balaban J connectivity index is 0.00000261. The Morgan fingerprint density at radius 3 is 2.11 bits per heavy atom. The summed E-state index contributed by atoms with van der Waals surface area (Å²) < 4.78 is 32.9. The number of nitrogens with zero attached hydrogens (tertiary/aromatic N) is 2. The molecule has 1 aromatic rings. The van der Waals surface area contributed by atoms with Gasteiger partial charge < -0.3 is 20.3 Å². The number of carbonyl (C=O) groups is 2. The minimum absolute atomic E-state index is 0. The second-order valence-electron chi connectivity index (χ2n) is 6.69. The van der Waals surface area contributed by atoms with Gasteiger partial charge in [-0.2, -0.15) is 0 Å². The van der Waals surface area contributed by atoms with Gasteiger partial charge in [0.1, 0.15) is 17.2 Å². The van der Waals surface area contributed by atoms with E-state index < -0.39 is 29.1 Å². The second kappa shape index (κ2) is 9.43. The van der Waals surface area contributed by atoms with Crippen molar-refractivity contribution in [1.82, 2.24) is 9.80 Å². The van der Waals surface area contributed by atoms with Crippen LogP contribution in [-0.4, -0.2) is 67.0 Å². The Hall–Kier alpha value is -1.77. The van der Waals surface area contributed by atoms with Crippen molar-refractivity contribution in [2.24, 2.45) is 11.7 Å². The van der Waals surface area contributed by atoms with Crippen LogP contribution >= 0.6 is 12.4 Å². The normalized spacial score (nSPS) is 19.4. The maximum absolute atomic E-state index is 13.8. The first-order valence-corrected chi connectivity index (χ1v) is 8.84. The molecule has 6 nitrogen and oxygen atoms in total. The quantitative estimate of drug-likeness (QED) is 0.828. The van der Waals surface area contributed by atoms with Crippen LogP contribution in [0.25, 0.3) is 0 Å². The molecule has 0 aliphatic carbocycles. The molecule has 1 aromatic carbocycles. The maximum atomic E-state index is 13.8. The molecule has 2 aliphatic rings. The zero-order chi connectivity index (χ0) is 18.7. The molecule has 0 aromatic heterocycles. The Kier molecular flexibility index (Phi) is 7.52. The van der Waals surface area contributed by atoms with E-state index in [1.807, 2.05) is 0 Å². The van der Waals surface area contributed by atoms with Crippen molar-refractivity contribution in [3.8, 4) is 0 Å². The molecule has 0 saturated carbocycles. The van der Waals surface area contributed by atoms with Gasteiger partial charge in [-0.25, -0.2) is 8.78 Å². The number of halogens is 3. The van der Waals surface area contributed by atoms with E-state index in [-0.39, 0.29) is 37.3 Å². The monoisotopic (exact) mass is 403 g/mol. The van der Waals surface area contributed by atoms with E-state index in [9.17, 15) is 18.4 Å². The van der Waals surface area contributed by atoms with Crippen molar-refractivity contribution in [3.63, 3.8) is 0 Å². The SMILES string of the molecule is Cl.NC(C(=O)N1CCN(C(=O)c2c(F)cccc2F)CC1)C1CCOCC1. The number of piperazine rings is 1. The van der Waals surface area contributed by atoms with E-state index in [0.29, 0.717) is 26.3 Å². The van der Waals surface area contributed by atoms with E-state index in [4.69, 9.17) is 10.5 Å². The summed E-state index contributed by atoms with van der Waals surface area (Å²) in [7, 11) is 0. The standard InChI is InChI=1S/C18H23F2N3O3.ClH/c19-13-2-1-3-14(20)15(13)17(24)22-6-8-23(9-7-22)18(25)16(21)12-4-10-26-11-5-12;/h1-3,12,16H,4-11,21H2;1H. The molecule has 2 amide bonds. The van der Waals surface area contributed by atoms with Gasteiger partial charge in [-0.3, -0.25) is 9.59 Å². The molecule has 2 N–H and O–H groups in total. The van der Waals surface area contributed by atoms with E-state index in [1.54, 1.807) is 4.90 Å². The number of hydrogen-bond acceptors (Lipinski definition) is 4. The number of nitrogens with two attached hydrogens (primary N) is 1. The van der Waals surface area contributed by atoms with Gasteiger partial charge in [0.15, 0.2) is 0 Å². The summed E-state index contributed by atoms with van der Waals surface area (Å²) in [5.41, 5.74) is 5.57. The second-order valence-corrected chi connectivity index (χ2v) is 6.69. The van der Waals surface area contributed by atoms with Crippen molar-refractivity contribution in [1.29, 1.82) is 0 Å². The summed E-state index contributed by atoms with van der Waals surface area (Å²) in [6.07, 6.45) is 1.52. The average Bonchev–Trinajstić information content (AvgIpc) is 2.67. The molecule has 0 radical (unpaired) electrons. The first-order valence-electron chi connectivity index (χ1n) is 8.84. The molecule has 2 saturated heterocycles. The molecular weight excluding hydrogens is 380 g/mol. The van der Waals surface area contributed by atoms with Crippen LogP contribution in [0.1, 0.15) is 23.2 Å². The summed E-state index contributed by atoms with van der Waals surface area (Å²) in [6, 6.07) is 2.76. The molecule has 1 unspecified atom stereocenters. The van der Waals surface area contributed by atoms with Crippen LogP contribution < -0.4 is 5.73 Å². The molecule has 0 spiro atoms. The van der Waals surface area contributed by atoms with E-state index in [0.717, 1.165) is 25.0 Å². The van der Waals surface area contributed by atoms with Gasteiger partial charge in [0.25, 0.3) is 5.91 Å². The van der Waals surface area contributed by atoms with Crippen LogP contribution in [-0.2, 0) is 9.53 Å². The summed E-state index contributed by atoms with van der Waals surface area (Å²) in [5.74, 6) is -2.49. The van der Waals surface area contributed by atoms with Crippen LogP contribution in [0.5, 0.6) is 0 Å². The van der Waals surface area contributed by atoms with Crippen molar-refractivity contribution < 1.29 is 23.1 Å². The molecule has 3 rings (SSSR count). The first-order chi connectivity index (χ1) is 12.5. The third-order valence-electron chi connectivity index (χ3n) is 5.11. The smallest absolute Gasteiger partial charge is 0.259 e. The van der Waals surface area contributed by atoms with Crippen molar-refractivity contribution in [3.05, 3.63) is 35.4 Å². The van der Waals surface area contributed by atoms with Gasteiger partial charge in [-0.05, 0) is 30.9 Å². The molecule has 9 heteroatoms. The minimum Gasteiger partial charge on any atom is -0.381 e. The number of carbonyl (C=O) groups excluding carboxylic acids is 2. The Morgan fingerprint density at radius 2 is 1.56 bits per heavy atom. The maximum Gasteiger partial charge on any atom is 0.259 e. The number of ether oxygens (including phenoxy) is 1. The molecule has 150 valence electrons. The fourth-order valence-electron chi connectivity index (χ4n) is 3.48. The molecule has 2 aliphatic heterocycles. The van der Waals surface area contributed by atoms with Gasteiger partial charge in [0, 0.05) is 39.4 Å². The van der Waals surface area contributed by atoms with Gasteiger partial charge in [0.2, 0.25) is 5.91 Å². The third kappa shape index (κ3) is 4.75. The van der Waals surface area contributed by atoms with Crippen LogP contribution in [0, 0.1) is 17.6 Å². The summed E-state index contributed by atoms with van der Waals surface area (Å²) in [4.78, 5) is 28.0. The van der Waals surface area contributed by atoms with Crippen LogP contribution in [0.4, 0.5) is 8.78 Å². The van der Waals surface area contributed by atoms with Crippen molar-refractivity contribution in [2.45, 2.75) is 18.9 Å². The lowest BCUT2D eigenvalue weighted by Gasteiger charge is -2.37. The predicted octanol–water partition coefficient (Wildman–Crippen LogP) is 1.42. The molecule has 0 bridgehead atoms. The van der Waals surface area contributed by atoms with Gasteiger partial charge in [-0.15, -0.1) is 12.4 Å². The largest absolute Gasteiger partial charge is 0.381 e.